The van der Waals surface area contributed by atoms with Crippen LogP contribution in [-0.2, 0) is 17.9 Å². The Bertz CT molecular complexity index is 874. The quantitative estimate of drug-likeness (QED) is 0.593. The lowest BCUT2D eigenvalue weighted by molar-refractivity contribution is -0.127. The number of aldehydes is 1. The molecule has 0 saturated carbocycles. The number of nitrogens with zero attached hydrogens (tertiary/aromatic N) is 3. The number of carbonyl (C=O) groups excluding carboxylic acids is 2. The Morgan fingerprint density at radius 3 is 2.83 bits per heavy atom. The largest absolute Gasteiger partial charge is 0.387 e. The average molecular weight is 416 g/mol. The van der Waals surface area contributed by atoms with Crippen LogP contribution in [0.15, 0.2) is 42.6 Å². The molecule has 2 N–H and O–H groups in total. The first-order valence-corrected chi connectivity index (χ1v) is 10.1. The maximum atomic E-state index is 12.1. The minimum atomic E-state index is 0.0144. The number of hydrogen-bond donors (Lipinski definition) is 2. The van der Waals surface area contributed by atoms with Gasteiger partial charge in [-0.2, -0.15) is 0 Å². The van der Waals surface area contributed by atoms with Gasteiger partial charge in [-0.3, -0.25) is 9.59 Å². The van der Waals surface area contributed by atoms with Crippen molar-refractivity contribution in [3.8, 4) is 0 Å². The van der Waals surface area contributed by atoms with Gasteiger partial charge in [-0.25, -0.2) is 4.98 Å². The molecule has 1 atom stereocenters. The molecule has 2 aliphatic heterocycles. The standard InChI is InChI=1S/C14H18N4O2.C7H8ClN/c19-10-12-8-16-13-9-17(6-7-18(12)13)14(20)4-3-11-2-1-5-15-11;1-9-7-5-3-2-4-6(7)8/h3-4,8,10-11,15H,1-2,5-7,9H2;2-5,9H,1H3/b4-3+;. The number of para-hydroxylation sites is 1. The van der Waals surface area contributed by atoms with Crippen molar-refractivity contribution in [2.24, 2.45) is 0 Å². The summed E-state index contributed by atoms with van der Waals surface area (Å²) in [6.45, 7) is 2.74. The Morgan fingerprint density at radius 2 is 2.17 bits per heavy atom. The lowest BCUT2D eigenvalue weighted by atomic mass is 10.2. The highest BCUT2D eigenvalue weighted by molar-refractivity contribution is 6.33. The molecule has 7 nitrogen and oxygen atoms in total. The SMILES string of the molecule is CNc1ccccc1Cl.O=Cc1cnc2n1CCN(C(=O)/C=C/C1CCCN1)C2. The molecule has 3 heterocycles. The zero-order valence-electron chi connectivity index (χ0n) is 16.5. The maximum Gasteiger partial charge on any atom is 0.246 e. The van der Waals surface area contributed by atoms with Gasteiger partial charge in [0.25, 0.3) is 0 Å². The molecule has 0 aliphatic carbocycles. The molecule has 29 heavy (non-hydrogen) atoms. The topological polar surface area (TPSA) is 79.3 Å². The van der Waals surface area contributed by atoms with Gasteiger partial charge in [-0.15, -0.1) is 0 Å². The first-order valence-electron chi connectivity index (χ1n) is 9.74. The van der Waals surface area contributed by atoms with Crippen LogP contribution < -0.4 is 10.6 Å². The van der Waals surface area contributed by atoms with E-state index in [9.17, 15) is 9.59 Å². The number of rotatable bonds is 4. The highest BCUT2D eigenvalue weighted by Crippen LogP contribution is 2.19. The van der Waals surface area contributed by atoms with Crippen molar-refractivity contribution in [2.45, 2.75) is 32.0 Å². The smallest absolute Gasteiger partial charge is 0.246 e. The molecule has 1 saturated heterocycles. The minimum absolute atomic E-state index is 0.0144. The van der Waals surface area contributed by atoms with Gasteiger partial charge < -0.3 is 20.1 Å². The van der Waals surface area contributed by atoms with Crippen LogP contribution in [0.25, 0.3) is 0 Å². The van der Waals surface area contributed by atoms with Crippen LogP contribution in [0.5, 0.6) is 0 Å². The van der Waals surface area contributed by atoms with Crippen LogP contribution in [0.4, 0.5) is 5.69 Å². The second kappa shape index (κ2) is 10.2. The predicted molar refractivity (Wildman–Crippen MR) is 114 cm³/mol. The third-order valence-electron chi connectivity index (χ3n) is 5.04. The number of benzene rings is 1. The van der Waals surface area contributed by atoms with Crippen LogP contribution in [0.3, 0.4) is 0 Å². The van der Waals surface area contributed by atoms with Gasteiger partial charge in [0.2, 0.25) is 5.91 Å². The number of halogens is 1. The van der Waals surface area contributed by atoms with Crippen LogP contribution in [-0.4, -0.2) is 52.8 Å². The van der Waals surface area contributed by atoms with Crippen LogP contribution in [0, 0.1) is 0 Å². The number of imidazole rings is 1. The number of amides is 1. The van der Waals surface area contributed by atoms with Crippen molar-refractivity contribution in [2.75, 3.05) is 25.5 Å². The molecule has 1 aromatic heterocycles. The second-order valence-electron chi connectivity index (χ2n) is 6.92. The second-order valence-corrected chi connectivity index (χ2v) is 7.33. The van der Waals surface area contributed by atoms with E-state index in [1.165, 1.54) is 6.42 Å². The molecule has 0 bridgehead atoms. The summed E-state index contributed by atoms with van der Waals surface area (Å²) in [4.78, 5) is 29.0. The summed E-state index contributed by atoms with van der Waals surface area (Å²) < 4.78 is 1.87. The highest BCUT2D eigenvalue weighted by atomic mass is 35.5. The maximum absolute atomic E-state index is 12.1. The van der Waals surface area contributed by atoms with Gasteiger partial charge in [0.15, 0.2) is 6.29 Å². The lowest BCUT2D eigenvalue weighted by Gasteiger charge is -2.27. The van der Waals surface area contributed by atoms with E-state index in [4.69, 9.17) is 11.6 Å². The van der Waals surface area contributed by atoms with E-state index >= 15 is 0 Å². The monoisotopic (exact) mass is 415 g/mol. The van der Waals surface area contributed by atoms with E-state index < -0.39 is 0 Å². The summed E-state index contributed by atoms with van der Waals surface area (Å²) >= 11 is 5.76. The average Bonchev–Trinajstić information content (AvgIpc) is 3.42. The van der Waals surface area contributed by atoms with Gasteiger partial charge in [0, 0.05) is 32.3 Å². The first-order chi connectivity index (χ1) is 14.1. The Hall–Kier alpha value is -2.64. The lowest BCUT2D eigenvalue weighted by Crippen LogP contribution is -2.38. The molecule has 1 amide bonds. The van der Waals surface area contributed by atoms with Gasteiger partial charge in [0.05, 0.1) is 23.5 Å². The fourth-order valence-electron chi connectivity index (χ4n) is 3.41. The molecule has 4 rings (SSSR count). The van der Waals surface area contributed by atoms with Gasteiger partial charge in [0.1, 0.15) is 11.5 Å². The molecular formula is C21H26ClN5O2. The van der Waals surface area contributed by atoms with Crippen molar-refractivity contribution in [1.82, 2.24) is 19.8 Å². The molecular weight excluding hydrogens is 390 g/mol. The summed E-state index contributed by atoms with van der Waals surface area (Å²) in [5, 5.41) is 7.06. The van der Waals surface area contributed by atoms with Crippen molar-refractivity contribution in [3.05, 3.63) is 59.2 Å². The van der Waals surface area contributed by atoms with E-state index in [0.29, 0.717) is 31.4 Å². The zero-order valence-corrected chi connectivity index (χ0v) is 17.2. The summed E-state index contributed by atoms with van der Waals surface area (Å²) in [6, 6.07) is 7.96. The Kier molecular flexibility index (Phi) is 7.43. The minimum Gasteiger partial charge on any atom is -0.387 e. The van der Waals surface area contributed by atoms with Crippen molar-refractivity contribution in [3.63, 3.8) is 0 Å². The number of fused-ring (bicyclic) bond motifs is 1. The van der Waals surface area contributed by atoms with Crippen LogP contribution >= 0.6 is 11.6 Å². The molecule has 0 spiro atoms. The van der Waals surface area contributed by atoms with Crippen LogP contribution in [0.2, 0.25) is 5.02 Å². The predicted octanol–water partition coefficient (Wildman–Crippen LogP) is 2.73. The van der Waals surface area contributed by atoms with E-state index in [-0.39, 0.29) is 5.91 Å². The number of aromatic nitrogens is 2. The molecule has 1 fully saturated rings. The van der Waals surface area contributed by atoms with Crippen molar-refractivity contribution in [1.29, 1.82) is 0 Å². The number of hydrogen-bond acceptors (Lipinski definition) is 5. The fraction of sp³-hybridized carbons (Fsp3) is 0.381. The van der Waals surface area contributed by atoms with Gasteiger partial charge >= 0.3 is 0 Å². The Morgan fingerprint density at radius 1 is 1.34 bits per heavy atom. The van der Waals surface area contributed by atoms with Gasteiger partial charge in [-0.1, -0.05) is 29.8 Å². The first kappa shape index (κ1) is 21.1. The van der Waals surface area contributed by atoms with E-state index in [1.54, 1.807) is 17.2 Å². The van der Waals surface area contributed by atoms with E-state index in [2.05, 4.69) is 15.6 Å². The summed E-state index contributed by atoms with van der Waals surface area (Å²) in [5.41, 5.74) is 1.55. The third-order valence-corrected chi connectivity index (χ3v) is 5.37. The number of anilines is 1. The molecule has 1 unspecified atom stereocenters. The number of carbonyl (C=O) groups is 2. The molecule has 154 valence electrons. The summed E-state index contributed by atoms with van der Waals surface area (Å²) in [6.07, 6.45) is 8.24. The molecule has 8 heteroatoms. The third kappa shape index (κ3) is 5.46. The fourth-order valence-corrected chi connectivity index (χ4v) is 3.64. The highest BCUT2D eigenvalue weighted by Gasteiger charge is 2.22. The zero-order chi connectivity index (χ0) is 20.6. The number of nitrogens with one attached hydrogen (secondary N) is 2. The normalized spacial score (nSPS) is 18.1. The van der Waals surface area contributed by atoms with E-state index in [0.717, 1.165) is 35.8 Å². The molecule has 2 aromatic rings. The van der Waals surface area contributed by atoms with Crippen LogP contribution in [0.1, 0.15) is 29.2 Å². The Labute approximate surface area is 175 Å². The van der Waals surface area contributed by atoms with Crippen molar-refractivity contribution < 1.29 is 9.59 Å². The summed E-state index contributed by atoms with van der Waals surface area (Å²) in [5.74, 6) is 0.791. The summed E-state index contributed by atoms with van der Waals surface area (Å²) in [7, 11) is 1.85. The van der Waals surface area contributed by atoms with Gasteiger partial charge in [-0.05, 0) is 31.5 Å². The van der Waals surface area contributed by atoms with E-state index in [1.807, 2.05) is 42.0 Å². The Balaban J connectivity index is 0.000000224. The molecule has 2 aliphatic rings. The van der Waals surface area contributed by atoms with Crippen molar-refractivity contribution >= 4 is 29.5 Å². The molecule has 1 aromatic carbocycles. The molecule has 0 radical (unpaired) electrons.